The van der Waals surface area contributed by atoms with E-state index < -0.39 is 29.9 Å². The van der Waals surface area contributed by atoms with E-state index in [1.165, 1.54) is 13.1 Å². The van der Waals surface area contributed by atoms with Crippen LogP contribution in [-0.2, 0) is 20.8 Å². The van der Waals surface area contributed by atoms with E-state index in [1.807, 2.05) is 44.2 Å². The predicted molar refractivity (Wildman–Crippen MR) is 157 cm³/mol. The van der Waals surface area contributed by atoms with Crippen molar-refractivity contribution in [2.45, 2.75) is 64.6 Å². The Bertz CT molecular complexity index is 957. The zero-order valence-corrected chi connectivity index (χ0v) is 23.6. The number of guanidine groups is 1. The lowest BCUT2D eigenvalue weighted by Crippen LogP contribution is -2.56. The molecular weight excluding hydrogens is 530 g/mol. The standard InChI is InChI=1S/C24H39N9O3S.ClH/c1-15(2)12-19(30-16(3)34)22(36)32-20(13-17-8-5-4-6-9-17)21(35)31-18(14-29-33-24(27)37)10-7-11-28-23(25)26;/h4-6,8-9,14-15,18-20H,7,10-13H2,1-3H3,(H,30,34)(H,31,35)(H,32,36)(H4,25,26,28)(H3,27,33,37);1H/b29-14+;/t18-,19-,20-;/m0./s1. The number of halogens is 1. The van der Waals surface area contributed by atoms with Crippen LogP contribution in [0.5, 0.6) is 0 Å². The van der Waals surface area contributed by atoms with E-state index >= 15 is 0 Å². The Morgan fingerprint density at radius 2 is 1.63 bits per heavy atom. The van der Waals surface area contributed by atoms with Gasteiger partial charge in [-0.15, -0.1) is 12.4 Å². The zero-order valence-electron chi connectivity index (χ0n) is 22.0. The summed E-state index contributed by atoms with van der Waals surface area (Å²) in [5.41, 5.74) is 19.5. The summed E-state index contributed by atoms with van der Waals surface area (Å²) in [6.07, 6.45) is 3.15. The molecule has 0 heterocycles. The molecular formula is C24H40ClN9O3S. The van der Waals surface area contributed by atoms with Crippen molar-refractivity contribution in [2.75, 3.05) is 6.54 Å². The van der Waals surface area contributed by atoms with Crippen molar-refractivity contribution in [1.29, 1.82) is 0 Å². The van der Waals surface area contributed by atoms with Gasteiger partial charge in [0.1, 0.15) is 12.1 Å². The van der Waals surface area contributed by atoms with Crippen molar-refractivity contribution in [3.63, 3.8) is 0 Å². The van der Waals surface area contributed by atoms with E-state index in [1.54, 1.807) is 0 Å². The molecule has 10 N–H and O–H groups in total. The van der Waals surface area contributed by atoms with Gasteiger partial charge in [-0.3, -0.25) is 24.8 Å². The molecule has 0 fully saturated rings. The minimum absolute atomic E-state index is 0. The average Bonchev–Trinajstić information content (AvgIpc) is 2.80. The van der Waals surface area contributed by atoms with Gasteiger partial charge in [0.25, 0.3) is 0 Å². The van der Waals surface area contributed by atoms with Crippen LogP contribution >= 0.6 is 24.6 Å². The van der Waals surface area contributed by atoms with E-state index in [2.05, 4.69) is 31.5 Å². The molecule has 0 spiro atoms. The zero-order chi connectivity index (χ0) is 27.8. The summed E-state index contributed by atoms with van der Waals surface area (Å²) < 4.78 is 0. The molecule has 0 aromatic heterocycles. The number of benzene rings is 1. The Hall–Kier alpha value is -3.45. The predicted octanol–water partition coefficient (Wildman–Crippen LogP) is 0.0439. The number of thiocarbonyl (C=S) groups is 1. The Balaban J connectivity index is 0.0000137. The normalized spacial score (nSPS) is 12.9. The third-order valence-electron chi connectivity index (χ3n) is 5.04. The Labute approximate surface area is 235 Å². The van der Waals surface area contributed by atoms with Crippen LogP contribution in [0.2, 0.25) is 0 Å². The van der Waals surface area contributed by atoms with E-state index in [-0.39, 0.29) is 41.7 Å². The number of hydrazone groups is 1. The SMILES string of the molecule is CC(=O)N[C@@H](CC(C)C)C(=O)N[C@@H](Cc1ccccc1)C(=O)N[C@H](/C=N/NC(N)=S)CCCN=C(N)N.Cl. The first-order chi connectivity index (χ1) is 17.5. The summed E-state index contributed by atoms with van der Waals surface area (Å²) in [6, 6.07) is 7.10. The Kier molecular flexibility index (Phi) is 17.0. The highest BCUT2D eigenvalue weighted by atomic mass is 35.5. The third-order valence-corrected chi connectivity index (χ3v) is 5.13. The van der Waals surface area contributed by atoms with Crippen LogP contribution in [0.3, 0.4) is 0 Å². The quantitative estimate of drug-likeness (QED) is 0.0504. The van der Waals surface area contributed by atoms with Gasteiger partial charge in [0.15, 0.2) is 11.1 Å². The fourth-order valence-electron chi connectivity index (χ4n) is 3.46. The van der Waals surface area contributed by atoms with Crippen molar-refractivity contribution in [3.8, 4) is 0 Å². The number of hydrogen-bond acceptors (Lipinski definition) is 6. The highest BCUT2D eigenvalue weighted by molar-refractivity contribution is 7.80. The molecule has 0 aliphatic carbocycles. The van der Waals surface area contributed by atoms with E-state index in [0.717, 1.165) is 5.56 Å². The van der Waals surface area contributed by atoms with Gasteiger partial charge in [-0.2, -0.15) is 5.10 Å². The molecule has 0 bridgehead atoms. The molecule has 12 nitrogen and oxygen atoms in total. The first-order valence-corrected chi connectivity index (χ1v) is 12.4. The second kappa shape index (κ2) is 18.7. The molecule has 0 aliphatic rings. The maximum atomic E-state index is 13.4. The van der Waals surface area contributed by atoms with E-state index in [9.17, 15) is 14.4 Å². The minimum Gasteiger partial charge on any atom is -0.375 e. The van der Waals surface area contributed by atoms with Crippen molar-refractivity contribution >= 4 is 59.6 Å². The summed E-state index contributed by atoms with van der Waals surface area (Å²) in [4.78, 5) is 42.1. The van der Waals surface area contributed by atoms with Crippen LogP contribution in [0.25, 0.3) is 0 Å². The number of carbonyl (C=O) groups excluding carboxylic acids is 3. The van der Waals surface area contributed by atoms with Gasteiger partial charge >= 0.3 is 0 Å². The fraction of sp³-hybridized carbons (Fsp3) is 0.500. The van der Waals surface area contributed by atoms with Crippen molar-refractivity contribution < 1.29 is 14.4 Å². The van der Waals surface area contributed by atoms with Gasteiger partial charge in [0.2, 0.25) is 17.7 Å². The largest absolute Gasteiger partial charge is 0.375 e. The molecule has 1 rings (SSSR count). The van der Waals surface area contributed by atoms with Crippen LogP contribution in [-0.4, -0.2) is 59.7 Å². The number of amides is 3. The molecule has 0 aliphatic heterocycles. The molecule has 1 aromatic carbocycles. The second-order valence-corrected chi connectivity index (χ2v) is 9.39. The number of rotatable bonds is 15. The summed E-state index contributed by atoms with van der Waals surface area (Å²) in [7, 11) is 0. The van der Waals surface area contributed by atoms with Crippen LogP contribution in [0.1, 0.15) is 45.6 Å². The first-order valence-electron chi connectivity index (χ1n) is 12.0. The smallest absolute Gasteiger partial charge is 0.243 e. The average molecular weight is 570 g/mol. The van der Waals surface area contributed by atoms with Gasteiger partial charge < -0.3 is 33.2 Å². The molecule has 38 heavy (non-hydrogen) atoms. The molecule has 3 amide bonds. The molecule has 3 atom stereocenters. The molecule has 0 unspecified atom stereocenters. The molecule has 212 valence electrons. The summed E-state index contributed by atoms with van der Waals surface area (Å²) in [5.74, 6) is -1.06. The fourth-order valence-corrected chi connectivity index (χ4v) is 3.51. The number of aliphatic imine (C=N–C) groups is 1. The number of nitrogens with two attached hydrogens (primary N) is 3. The molecule has 1 aromatic rings. The Morgan fingerprint density at radius 3 is 2.18 bits per heavy atom. The minimum atomic E-state index is -0.907. The molecule has 0 radical (unpaired) electrons. The van der Waals surface area contributed by atoms with Crippen LogP contribution in [0.15, 0.2) is 40.4 Å². The summed E-state index contributed by atoms with van der Waals surface area (Å²) in [5, 5.41) is 12.3. The highest BCUT2D eigenvalue weighted by Gasteiger charge is 2.28. The maximum Gasteiger partial charge on any atom is 0.243 e. The maximum absolute atomic E-state index is 13.4. The van der Waals surface area contributed by atoms with Gasteiger partial charge in [-0.25, -0.2) is 0 Å². The topological polar surface area (TPSA) is 202 Å². The second-order valence-electron chi connectivity index (χ2n) is 8.95. The third kappa shape index (κ3) is 15.6. The number of nitrogens with zero attached hydrogens (tertiary/aromatic N) is 2. The number of carbonyl (C=O) groups is 3. The first kappa shape index (κ1) is 34.6. The highest BCUT2D eigenvalue weighted by Crippen LogP contribution is 2.09. The molecule has 0 saturated carbocycles. The van der Waals surface area contributed by atoms with Crippen LogP contribution < -0.4 is 38.6 Å². The molecule has 0 saturated heterocycles. The van der Waals surface area contributed by atoms with Crippen LogP contribution in [0.4, 0.5) is 0 Å². The lowest BCUT2D eigenvalue weighted by molar-refractivity contribution is -0.132. The van der Waals surface area contributed by atoms with Gasteiger partial charge in [-0.1, -0.05) is 44.2 Å². The lowest BCUT2D eigenvalue weighted by Gasteiger charge is -2.25. The van der Waals surface area contributed by atoms with Crippen molar-refractivity contribution in [1.82, 2.24) is 21.4 Å². The van der Waals surface area contributed by atoms with E-state index in [0.29, 0.717) is 25.8 Å². The number of hydrogen-bond donors (Lipinski definition) is 7. The Morgan fingerprint density at radius 1 is 1.00 bits per heavy atom. The van der Waals surface area contributed by atoms with Gasteiger partial charge in [0, 0.05) is 26.1 Å². The van der Waals surface area contributed by atoms with Crippen LogP contribution in [0, 0.1) is 5.92 Å². The van der Waals surface area contributed by atoms with Crippen molar-refractivity contribution in [3.05, 3.63) is 35.9 Å². The summed E-state index contributed by atoms with van der Waals surface area (Å²) >= 11 is 4.76. The monoisotopic (exact) mass is 569 g/mol. The van der Waals surface area contributed by atoms with Gasteiger partial charge in [-0.05, 0) is 43.0 Å². The van der Waals surface area contributed by atoms with Crippen molar-refractivity contribution in [2.24, 2.45) is 33.2 Å². The number of nitrogens with one attached hydrogen (secondary N) is 4. The lowest BCUT2D eigenvalue weighted by atomic mass is 10.0. The van der Waals surface area contributed by atoms with Gasteiger partial charge in [0.05, 0.1) is 6.04 Å². The molecule has 14 heteroatoms. The van der Waals surface area contributed by atoms with E-state index in [4.69, 9.17) is 29.4 Å². The summed E-state index contributed by atoms with van der Waals surface area (Å²) in [6.45, 7) is 5.61.